The average Bonchev–Trinajstić information content (AvgIpc) is 2.71. The molecule has 0 aromatic heterocycles. The smallest absolute Gasteiger partial charge is 0.271 e. The van der Waals surface area contributed by atoms with E-state index in [0.29, 0.717) is 11.3 Å². The number of ether oxygens (including phenoxy) is 1. The van der Waals surface area contributed by atoms with Crippen LogP contribution in [0, 0.1) is 6.92 Å². The molecule has 27 heavy (non-hydrogen) atoms. The predicted molar refractivity (Wildman–Crippen MR) is 110 cm³/mol. The number of methoxy groups -OCH3 is 1. The number of hydrogen-bond acceptors (Lipinski definition) is 4. The zero-order chi connectivity index (χ0) is 19.1. The highest BCUT2D eigenvalue weighted by Gasteiger charge is 2.05. The van der Waals surface area contributed by atoms with E-state index >= 15 is 0 Å². The summed E-state index contributed by atoms with van der Waals surface area (Å²) in [6, 6.07) is 23.4. The van der Waals surface area contributed by atoms with Gasteiger partial charge in [0.2, 0.25) is 0 Å². The third kappa shape index (κ3) is 5.46. The molecule has 1 amide bonds. The molecule has 0 radical (unpaired) electrons. The van der Waals surface area contributed by atoms with Gasteiger partial charge in [0.05, 0.1) is 13.3 Å². The summed E-state index contributed by atoms with van der Waals surface area (Å²) in [4.78, 5) is 14.5. The SMILES string of the molecule is COc1cccc(C(=O)N/N=C\c2ccc(Sc3ccc(C)cc3)cc2)c1. The quantitative estimate of drug-likeness (QED) is 0.491. The molecule has 0 aliphatic carbocycles. The molecule has 0 atom stereocenters. The first kappa shape index (κ1) is 18.7. The Labute approximate surface area is 163 Å². The molecule has 0 saturated carbocycles. The van der Waals surface area contributed by atoms with E-state index in [9.17, 15) is 4.79 Å². The second kappa shape index (κ2) is 9.05. The summed E-state index contributed by atoms with van der Waals surface area (Å²) in [6.07, 6.45) is 1.62. The third-order valence-electron chi connectivity index (χ3n) is 3.85. The molecule has 0 fully saturated rings. The van der Waals surface area contributed by atoms with E-state index in [1.807, 2.05) is 24.3 Å². The lowest BCUT2D eigenvalue weighted by atomic mass is 10.2. The van der Waals surface area contributed by atoms with E-state index in [4.69, 9.17) is 4.74 Å². The molecule has 3 rings (SSSR count). The minimum absolute atomic E-state index is 0.281. The zero-order valence-electron chi connectivity index (χ0n) is 15.2. The largest absolute Gasteiger partial charge is 0.497 e. The number of amides is 1. The topological polar surface area (TPSA) is 50.7 Å². The van der Waals surface area contributed by atoms with Crippen LogP contribution >= 0.6 is 11.8 Å². The maximum atomic E-state index is 12.1. The number of nitrogens with one attached hydrogen (secondary N) is 1. The summed E-state index contributed by atoms with van der Waals surface area (Å²) >= 11 is 1.71. The van der Waals surface area contributed by atoms with E-state index < -0.39 is 0 Å². The Morgan fingerprint density at radius 3 is 2.33 bits per heavy atom. The number of carbonyl (C=O) groups excluding carboxylic acids is 1. The second-order valence-corrected chi connectivity index (χ2v) is 7.06. The van der Waals surface area contributed by atoms with Crippen LogP contribution in [0.3, 0.4) is 0 Å². The van der Waals surface area contributed by atoms with Crippen molar-refractivity contribution in [2.45, 2.75) is 16.7 Å². The normalized spacial score (nSPS) is 10.7. The number of hydrazone groups is 1. The van der Waals surface area contributed by atoms with Crippen molar-refractivity contribution >= 4 is 23.9 Å². The number of rotatable bonds is 6. The first-order chi connectivity index (χ1) is 13.1. The summed E-state index contributed by atoms with van der Waals surface area (Å²) < 4.78 is 5.12. The number of benzene rings is 3. The van der Waals surface area contributed by atoms with Crippen molar-refractivity contribution in [3.8, 4) is 5.75 Å². The minimum atomic E-state index is -0.281. The van der Waals surface area contributed by atoms with Crippen molar-refractivity contribution < 1.29 is 9.53 Å². The Balaban J connectivity index is 1.57. The summed E-state index contributed by atoms with van der Waals surface area (Å²) in [5, 5.41) is 4.02. The van der Waals surface area contributed by atoms with Crippen molar-refractivity contribution in [3.63, 3.8) is 0 Å². The van der Waals surface area contributed by atoms with Gasteiger partial charge in [0.1, 0.15) is 5.75 Å². The van der Waals surface area contributed by atoms with Gasteiger partial charge < -0.3 is 4.74 Å². The molecule has 0 aliphatic heterocycles. The van der Waals surface area contributed by atoms with Gasteiger partial charge in [-0.3, -0.25) is 4.79 Å². The average molecular weight is 376 g/mol. The Kier molecular flexibility index (Phi) is 6.28. The van der Waals surface area contributed by atoms with Gasteiger partial charge in [-0.1, -0.05) is 47.7 Å². The number of carbonyl (C=O) groups is 1. The standard InChI is InChI=1S/C22H20N2O2S/c1-16-6-10-20(11-7-16)27-21-12-8-17(9-13-21)15-23-24-22(25)18-4-3-5-19(14-18)26-2/h3-15H,1-2H3,(H,24,25)/b23-15-. The highest BCUT2D eigenvalue weighted by molar-refractivity contribution is 7.99. The van der Waals surface area contributed by atoms with Crippen LogP contribution in [0.4, 0.5) is 0 Å². The lowest BCUT2D eigenvalue weighted by molar-refractivity contribution is 0.0955. The van der Waals surface area contributed by atoms with Gasteiger partial charge in [-0.05, 0) is 55.0 Å². The van der Waals surface area contributed by atoms with Gasteiger partial charge in [-0.25, -0.2) is 5.43 Å². The summed E-state index contributed by atoms with van der Waals surface area (Å²) in [7, 11) is 1.57. The van der Waals surface area contributed by atoms with Gasteiger partial charge in [-0.2, -0.15) is 5.10 Å². The van der Waals surface area contributed by atoms with Crippen LogP contribution in [0.2, 0.25) is 0 Å². The molecule has 1 N–H and O–H groups in total. The van der Waals surface area contributed by atoms with Crippen LogP contribution in [-0.2, 0) is 0 Å². The maximum Gasteiger partial charge on any atom is 0.271 e. The molecule has 4 nitrogen and oxygen atoms in total. The van der Waals surface area contributed by atoms with Crippen molar-refractivity contribution in [1.29, 1.82) is 0 Å². The first-order valence-electron chi connectivity index (χ1n) is 8.46. The molecule has 0 saturated heterocycles. The van der Waals surface area contributed by atoms with E-state index in [2.05, 4.69) is 41.7 Å². The van der Waals surface area contributed by atoms with Gasteiger partial charge in [0, 0.05) is 15.4 Å². The Morgan fingerprint density at radius 2 is 1.67 bits per heavy atom. The fourth-order valence-corrected chi connectivity index (χ4v) is 3.18. The van der Waals surface area contributed by atoms with E-state index in [0.717, 1.165) is 10.5 Å². The molecule has 3 aromatic carbocycles. The van der Waals surface area contributed by atoms with Crippen LogP contribution in [0.25, 0.3) is 0 Å². The highest BCUT2D eigenvalue weighted by atomic mass is 32.2. The molecule has 0 bridgehead atoms. The van der Waals surface area contributed by atoms with Crippen molar-refractivity contribution in [2.75, 3.05) is 7.11 Å². The Hall–Kier alpha value is -3.05. The van der Waals surface area contributed by atoms with Crippen molar-refractivity contribution in [2.24, 2.45) is 5.10 Å². The van der Waals surface area contributed by atoms with Gasteiger partial charge in [-0.15, -0.1) is 0 Å². The monoisotopic (exact) mass is 376 g/mol. The van der Waals surface area contributed by atoms with Crippen LogP contribution in [0.5, 0.6) is 5.75 Å². The fourth-order valence-electron chi connectivity index (χ4n) is 2.36. The van der Waals surface area contributed by atoms with E-state index in [1.165, 1.54) is 10.5 Å². The Morgan fingerprint density at radius 1 is 1.00 bits per heavy atom. The van der Waals surface area contributed by atoms with Crippen molar-refractivity contribution in [1.82, 2.24) is 5.43 Å². The first-order valence-corrected chi connectivity index (χ1v) is 9.28. The lowest BCUT2D eigenvalue weighted by Crippen LogP contribution is -2.17. The maximum absolute atomic E-state index is 12.1. The molecule has 0 spiro atoms. The van der Waals surface area contributed by atoms with Crippen molar-refractivity contribution in [3.05, 3.63) is 89.5 Å². The predicted octanol–water partition coefficient (Wildman–Crippen LogP) is 4.92. The number of hydrogen-bond donors (Lipinski definition) is 1. The van der Waals surface area contributed by atoms with E-state index in [1.54, 1.807) is 49.4 Å². The Bertz CT molecular complexity index is 935. The molecule has 5 heteroatoms. The van der Waals surface area contributed by atoms with Gasteiger partial charge in [0.25, 0.3) is 5.91 Å². The molecule has 0 aliphatic rings. The zero-order valence-corrected chi connectivity index (χ0v) is 16.0. The number of aryl methyl sites for hydroxylation is 1. The summed E-state index contributed by atoms with van der Waals surface area (Å²) in [5.41, 5.74) is 5.19. The third-order valence-corrected chi connectivity index (χ3v) is 4.86. The molecule has 3 aromatic rings. The molecule has 0 heterocycles. The molecular formula is C22H20N2O2S. The second-order valence-electron chi connectivity index (χ2n) is 5.92. The number of nitrogens with zero attached hydrogens (tertiary/aromatic N) is 1. The van der Waals surface area contributed by atoms with Gasteiger partial charge in [0.15, 0.2) is 0 Å². The lowest BCUT2D eigenvalue weighted by Gasteiger charge is -2.04. The summed E-state index contributed by atoms with van der Waals surface area (Å²) in [5.74, 6) is 0.352. The molecule has 0 unspecified atom stereocenters. The molecule has 136 valence electrons. The van der Waals surface area contributed by atoms with Crippen LogP contribution < -0.4 is 10.2 Å². The minimum Gasteiger partial charge on any atom is -0.497 e. The summed E-state index contributed by atoms with van der Waals surface area (Å²) in [6.45, 7) is 2.08. The van der Waals surface area contributed by atoms with Crippen LogP contribution in [0.1, 0.15) is 21.5 Å². The van der Waals surface area contributed by atoms with Crippen LogP contribution in [-0.4, -0.2) is 19.2 Å². The van der Waals surface area contributed by atoms with Gasteiger partial charge >= 0.3 is 0 Å². The van der Waals surface area contributed by atoms with E-state index in [-0.39, 0.29) is 5.91 Å². The highest BCUT2D eigenvalue weighted by Crippen LogP contribution is 2.27. The molecular weight excluding hydrogens is 356 g/mol. The van der Waals surface area contributed by atoms with Crippen LogP contribution in [0.15, 0.2) is 87.7 Å². The fraction of sp³-hybridized carbons (Fsp3) is 0.0909.